The predicted octanol–water partition coefficient (Wildman–Crippen LogP) is 8.23. The Kier molecular flexibility index (Phi) is 6.33. The van der Waals surface area contributed by atoms with Crippen LogP contribution < -0.4 is 0 Å². The highest BCUT2D eigenvalue weighted by Crippen LogP contribution is 2.67. The third-order valence-corrected chi connectivity index (χ3v) is 11.2. The fraction of sp³-hybridized carbons (Fsp3) is 0.897. The van der Waals surface area contributed by atoms with Gasteiger partial charge in [0.2, 0.25) is 0 Å². The van der Waals surface area contributed by atoms with Crippen molar-refractivity contribution in [2.75, 3.05) is 0 Å². The molecule has 0 aromatic rings. The molecule has 170 valence electrons. The van der Waals surface area contributed by atoms with Crippen LogP contribution in [0.1, 0.15) is 112 Å². The maximum absolute atomic E-state index is 12.1. The van der Waals surface area contributed by atoms with Gasteiger partial charge in [0.15, 0.2) is 5.78 Å². The fourth-order valence-electron chi connectivity index (χ4n) is 9.22. The third kappa shape index (κ3) is 3.65. The van der Waals surface area contributed by atoms with Crippen LogP contribution in [0.15, 0.2) is 11.6 Å². The summed E-state index contributed by atoms with van der Waals surface area (Å²) in [7, 11) is 0. The molecule has 3 fully saturated rings. The summed E-state index contributed by atoms with van der Waals surface area (Å²) >= 11 is 0. The summed E-state index contributed by atoms with van der Waals surface area (Å²) < 4.78 is 0. The Hall–Kier alpha value is -0.590. The minimum atomic E-state index is 0.327. The van der Waals surface area contributed by atoms with Gasteiger partial charge in [0.05, 0.1) is 0 Å². The quantitative estimate of drug-likeness (QED) is 0.429. The summed E-state index contributed by atoms with van der Waals surface area (Å²) in [5, 5.41) is 0. The maximum Gasteiger partial charge on any atom is 0.155 e. The first kappa shape index (κ1) is 22.6. The summed E-state index contributed by atoms with van der Waals surface area (Å²) in [6.45, 7) is 15.0. The topological polar surface area (TPSA) is 17.1 Å². The van der Waals surface area contributed by atoms with Crippen molar-refractivity contribution in [1.82, 2.24) is 0 Å². The molecule has 0 bridgehead atoms. The molecule has 0 unspecified atom stereocenters. The average Bonchev–Trinajstić information content (AvgIpc) is 3.06. The van der Waals surface area contributed by atoms with Gasteiger partial charge in [-0.3, -0.25) is 4.79 Å². The minimum Gasteiger partial charge on any atom is -0.295 e. The lowest BCUT2D eigenvalue weighted by Gasteiger charge is -2.58. The van der Waals surface area contributed by atoms with E-state index in [-0.39, 0.29) is 0 Å². The van der Waals surface area contributed by atoms with E-state index in [9.17, 15) is 4.79 Å². The first-order valence-corrected chi connectivity index (χ1v) is 13.4. The van der Waals surface area contributed by atoms with Crippen LogP contribution in [0.2, 0.25) is 0 Å². The van der Waals surface area contributed by atoms with E-state index in [0.29, 0.717) is 16.6 Å². The lowest BCUT2D eigenvalue weighted by atomic mass is 9.46. The highest BCUT2D eigenvalue weighted by Gasteiger charge is 2.59. The van der Waals surface area contributed by atoms with Crippen LogP contribution in [0.5, 0.6) is 0 Å². The standard InChI is InChI=1S/C29H48O/c1-7-21(19(2)3)9-8-20(4)25-12-13-26-24-11-10-22-18-23(30)14-16-28(22,5)27(24)15-17-29(25,26)6/h18-21,24-27H,7-17H2,1-6H3/t20-,21-,24+,25+,26+,27+,28+,29-/m1/s1. The highest BCUT2D eigenvalue weighted by molar-refractivity contribution is 5.91. The van der Waals surface area contributed by atoms with E-state index in [2.05, 4.69) is 47.6 Å². The van der Waals surface area contributed by atoms with Crippen molar-refractivity contribution in [1.29, 1.82) is 0 Å². The second-order valence-electron chi connectivity index (χ2n) is 12.7. The van der Waals surface area contributed by atoms with E-state index < -0.39 is 0 Å². The van der Waals surface area contributed by atoms with E-state index >= 15 is 0 Å². The normalized spacial score (nSPS) is 42.9. The van der Waals surface area contributed by atoms with Gasteiger partial charge >= 0.3 is 0 Å². The van der Waals surface area contributed by atoms with Crippen LogP contribution in [0.25, 0.3) is 0 Å². The first-order chi connectivity index (χ1) is 14.2. The van der Waals surface area contributed by atoms with Crippen molar-refractivity contribution < 1.29 is 4.79 Å². The van der Waals surface area contributed by atoms with Crippen molar-refractivity contribution in [3.63, 3.8) is 0 Å². The van der Waals surface area contributed by atoms with Gasteiger partial charge in [-0.25, -0.2) is 0 Å². The zero-order chi connectivity index (χ0) is 21.7. The molecule has 4 aliphatic carbocycles. The monoisotopic (exact) mass is 412 g/mol. The van der Waals surface area contributed by atoms with E-state index in [0.717, 1.165) is 54.3 Å². The Balaban J connectivity index is 1.48. The van der Waals surface area contributed by atoms with E-state index in [1.165, 1.54) is 63.4 Å². The predicted molar refractivity (Wildman–Crippen MR) is 127 cm³/mol. The van der Waals surface area contributed by atoms with Crippen molar-refractivity contribution in [2.24, 2.45) is 52.3 Å². The zero-order valence-electron chi connectivity index (χ0n) is 20.8. The summed E-state index contributed by atoms with van der Waals surface area (Å²) in [6, 6.07) is 0. The van der Waals surface area contributed by atoms with Gasteiger partial charge in [-0.2, -0.15) is 0 Å². The molecule has 0 aromatic carbocycles. The molecular formula is C29H48O. The van der Waals surface area contributed by atoms with Crippen LogP contribution in [0.4, 0.5) is 0 Å². The molecule has 0 aliphatic heterocycles. The molecule has 4 aliphatic rings. The molecule has 1 nitrogen and oxygen atoms in total. The summed E-state index contributed by atoms with van der Waals surface area (Å²) in [5.74, 6) is 6.63. The van der Waals surface area contributed by atoms with Crippen molar-refractivity contribution in [2.45, 2.75) is 112 Å². The smallest absolute Gasteiger partial charge is 0.155 e. The van der Waals surface area contributed by atoms with E-state index in [4.69, 9.17) is 0 Å². The van der Waals surface area contributed by atoms with Crippen LogP contribution in [0.3, 0.4) is 0 Å². The highest BCUT2D eigenvalue weighted by atomic mass is 16.1. The summed E-state index contributed by atoms with van der Waals surface area (Å²) in [5.41, 5.74) is 2.42. The van der Waals surface area contributed by atoms with Gasteiger partial charge in [0.1, 0.15) is 0 Å². The second kappa shape index (κ2) is 8.40. The van der Waals surface area contributed by atoms with Gasteiger partial charge in [-0.1, -0.05) is 60.0 Å². The van der Waals surface area contributed by atoms with Gasteiger partial charge in [-0.05, 0) is 110 Å². The zero-order valence-corrected chi connectivity index (χ0v) is 20.8. The maximum atomic E-state index is 12.1. The Bertz CT molecular complexity index is 674. The Labute approximate surface area is 186 Å². The first-order valence-electron chi connectivity index (χ1n) is 13.4. The van der Waals surface area contributed by atoms with Crippen LogP contribution in [0, 0.1) is 52.3 Å². The second-order valence-corrected chi connectivity index (χ2v) is 12.7. The number of hydrogen-bond donors (Lipinski definition) is 0. The number of allylic oxidation sites excluding steroid dienone is 1. The van der Waals surface area contributed by atoms with Crippen LogP contribution in [-0.4, -0.2) is 5.78 Å². The molecule has 1 heteroatoms. The van der Waals surface area contributed by atoms with Crippen molar-refractivity contribution in [3.05, 3.63) is 11.6 Å². The Morgan fingerprint density at radius 1 is 0.967 bits per heavy atom. The van der Waals surface area contributed by atoms with Crippen molar-refractivity contribution >= 4 is 5.78 Å². The molecule has 0 spiro atoms. The third-order valence-electron chi connectivity index (χ3n) is 11.2. The average molecular weight is 413 g/mol. The molecule has 3 saturated carbocycles. The van der Waals surface area contributed by atoms with E-state index in [1.54, 1.807) is 0 Å². The Morgan fingerprint density at radius 2 is 1.73 bits per heavy atom. The molecule has 0 N–H and O–H groups in total. The molecule has 0 amide bonds. The number of rotatable bonds is 6. The van der Waals surface area contributed by atoms with Crippen LogP contribution in [-0.2, 0) is 4.79 Å². The molecule has 30 heavy (non-hydrogen) atoms. The largest absolute Gasteiger partial charge is 0.295 e. The molecule has 0 aromatic heterocycles. The Morgan fingerprint density at radius 3 is 2.43 bits per heavy atom. The SMILES string of the molecule is CC[C@H](CC[C@@H](C)[C@@H]1CC[C@H]2[C@@H]3CCC4=CC(=O)CC[C@]4(C)[C@H]3CC[C@@]21C)C(C)C. The van der Waals surface area contributed by atoms with Gasteiger partial charge in [0.25, 0.3) is 0 Å². The van der Waals surface area contributed by atoms with Gasteiger partial charge in [0, 0.05) is 6.42 Å². The molecule has 8 atom stereocenters. The molecule has 0 saturated heterocycles. The number of hydrogen-bond acceptors (Lipinski definition) is 1. The number of ketones is 1. The fourth-order valence-corrected chi connectivity index (χ4v) is 9.22. The number of carbonyl (C=O) groups excluding carboxylic acids is 1. The lowest BCUT2D eigenvalue weighted by molar-refractivity contribution is -0.117. The molecular weight excluding hydrogens is 364 g/mol. The molecule has 0 heterocycles. The van der Waals surface area contributed by atoms with Gasteiger partial charge < -0.3 is 0 Å². The minimum absolute atomic E-state index is 0.327. The van der Waals surface area contributed by atoms with Crippen molar-refractivity contribution in [3.8, 4) is 0 Å². The molecule has 4 rings (SSSR count). The lowest BCUT2D eigenvalue weighted by Crippen LogP contribution is -2.51. The number of carbonyl (C=O) groups is 1. The van der Waals surface area contributed by atoms with Gasteiger partial charge in [-0.15, -0.1) is 0 Å². The summed E-state index contributed by atoms with van der Waals surface area (Å²) in [4.78, 5) is 12.1. The molecule has 0 radical (unpaired) electrons. The van der Waals surface area contributed by atoms with Crippen LogP contribution >= 0.6 is 0 Å². The summed E-state index contributed by atoms with van der Waals surface area (Å²) in [6.07, 6.45) is 16.5. The van der Waals surface area contributed by atoms with E-state index in [1.807, 2.05) is 0 Å². The number of fused-ring (bicyclic) bond motifs is 5.